The molecule has 1 nitrogen and oxygen atoms in total. The van der Waals surface area contributed by atoms with Crippen LogP contribution in [-0.2, 0) is 4.43 Å². The van der Waals surface area contributed by atoms with E-state index in [1.807, 2.05) is 0 Å². The molecule has 6 atom stereocenters. The van der Waals surface area contributed by atoms with Gasteiger partial charge in [-0.15, -0.1) is 6.58 Å². The molecule has 0 bridgehead atoms. The molecule has 3 unspecified atom stereocenters. The van der Waals surface area contributed by atoms with Crippen LogP contribution >= 0.6 is 0 Å². The molecule has 0 radical (unpaired) electrons. The van der Waals surface area contributed by atoms with Gasteiger partial charge in [-0.25, -0.2) is 0 Å². The van der Waals surface area contributed by atoms with Gasteiger partial charge in [-0.2, -0.15) is 0 Å². The fourth-order valence-corrected chi connectivity index (χ4v) is 8.88. The highest BCUT2D eigenvalue weighted by Crippen LogP contribution is 2.66. The smallest absolute Gasteiger partial charge is 0.192 e. The summed E-state index contributed by atoms with van der Waals surface area (Å²) in [6.45, 7) is 23.3. The van der Waals surface area contributed by atoms with E-state index >= 15 is 0 Å². The van der Waals surface area contributed by atoms with Crippen LogP contribution in [0.5, 0.6) is 0 Å². The van der Waals surface area contributed by atoms with Gasteiger partial charge in [0, 0.05) is 5.41 Å². The summed E-state index contributed by atoms with van der Waals surface area (Å²) in [4.78, 5) is 0. The first-order chi connectivity index (χ1) is 13.4. The first-order valence-electron chi connectivity index (χ1n) is 12.1. The Kier molecular flexibility index (Phi) is 5.18. The van der Waals surface area contributed by atoms with Gasteiger partial charge in [0.05, 0.1) is 6.10 Å². The number of hydrogen-bond donors (Lipinski definition) is 0. The summed E-state index contributed by atoms with van der Waals surface area (Å²) in [5.41, 5.74) is 3.61. The van der Waals surface area contributed by atoms with Crippen LogP contribution in [0.2, 0.25) is 18.1 Å². The maximum atomic E-state index is 7.08. The van der Waals surface area contributed by atoms with E-state index in [0.29, 0.717) is 16.6 Å². The molecule has 0 spiro atoms. The van der Waals surface area contributed by atoms with Crippen molar-refractivity contribution in [2.45, 2.75) is 103 Å². The van der Waals surface area contributed by atoms with E-state index in [-0.39, 0.29) is 5.41 Å². The number of fused-ring (bicyclic) bond motifs is 5. The van der Waals surface area contributed by atoms with Crippen molar-refractivity contribution >= 4 is 8.32 Å². The van der Waals surface area contributed by atoms with Gasteiger partial charge in [0.25, 0.3) is 0 Å². The van der Waals surface area contributed by atoms with Crippen molar-refractivity contribution < 1.29 is 4.43 Å². The summed E-state index contributed by atoms with van der Waals surface area (Å²) in [7, 11) is -1.73. The van der Waals surface area contributed by atoms with Crippen LogP contribution < -0.4 is 0 Å². The molecule has 0 saturated heterocycles. The molecule has 0 N–H and O–H groups in total. The average molecular weight is 413 g/mol. The third-order valence-corrected chi connectivity index (χ3v) is 14.7. The molecule has 0 aromatic carbocycles. The molecule has 162 valence electrons. The molecule has 4 aliphatic rings. The summed E-state index contributed by atoms with van der Waals surface area (Å²) in [6.07, 6.45) is 15.6. The number of rotatable bonds is 3. The highest BCUT2D eigenvalue weighted by atomic mass is 28.4. The summed E-state index contributed by atoms with van der Waals surface area (Å²) < 4.78 is 7.08. The van der Waals surface area contributed by atoms with Gasteiger partial charge < -0.3 is 4.43 Å². The Bertz CT molecular complexity index is 725. The molecule has 4 rings (SSSR count). The van der Waals surface area contributed by atoms with Crippen LogP contribution in [0, 0.1) is 28.6 Å². The SMILES string of the molecule is C=C[C@]12CCC(=C)C=C1CCC1C2CC[C@@]2(C)C1CC[C@@H]2O[Si](C)(C)C(C)(C)C. The van der Waals surface area contributed by atoms with E-state index in [4.69, 9.17) is 4.43 Å². The predicted molar refractivity (Wildman–Crippen MR) is 127 cm³/mol. The van der Waals surface area contributed by atoms with E-state index in [1.54, 1.807) is 5.57 Å². The highest BCUT2D eigenvalue weighted by molar-refractivity contribution is 6.74. The minimum Gasteiger partial charge on any atom is -0.413 e. The molecule has 3 fully saturated rings. The standard InChI is InChI=1S/C27H44OSi/c1-9-27-17-14-19(2)18-20(27)10-11-21-22-12-13-24(26(22,6)16-15-23(21)27)28-29(7,8)25(3,4)5/h9,18,21-24H,1-2,10-17H2,3-8H3/t21?,22?,23?,24-,26-,27-/m0/s1. The summed E-state index contributed by atoms with van der Waals surface area (Å²) in [6, 6.07) is 0. The number of allylic oxidation sites excluding steroid dienone is 4. The molecule has 29 heavy (non-hydrogen) atoms. The van der Waals surface area contributed by atoms with Gasteiger partial charge in [-0.05, 0) is 92.7 Å². The second-order valence-electron chi connectivity index (χ2n) is 12.5. The molecule has 0 aromatic rings. The lowest BCUT2D eigenvalue weighted by Gasteiger charge is -2.58. The highest BCUT2D eigenvalue weighted by Gasteiger charge is 2.60. The van der Waals surface area contributed by atoms with Crippen molar-refractivity contribution in [2.75, 3.05) is 0 Å². The Balaban J connectivity index is 1.60. The van der Waals surface area contributed by atoms with Crippen LogP contribution in [0.25, 0.3) is 0 Å². The van der Waals surface area contributed by atoms with Gasteiger partial charge in [0.15, 0.2) is 8.32 Å². The molecular weight excluding hydrogens is 368 g/mol. The topological polar surface area (TPSA) is 9.23 Å². The monoisotopic (exact) mass is 412 g/mol. The zero-order valence-corrected chi connectivity index (χ0v) is 20.9. The molecule has 0 amide bonds. The lowest BCUT2D eigenvalue weighted by molar-refractivity contribution is -0.0624. The minimum absolute atomic E-state index is 0.254. The van der Waals surface area contributed by atoms with Gasteiger partial charge in [0.2, 0.25) is 0 Å². The maximum absolute atomic E-state index is 7.08. The minimum atomic E-state index is -1.73. The van der Waals surface area contributed by atoms with Crippen LogP contribution in [0.1, 0.15) is 79.1 Å². The molecule has 4 aliphatic carbocycles. The van der Waals surface area contributed by atoms with Crippen LogP contribution in [0.3, 0.4) is 0 Å². The molecule has 0 heterocycles. The maximum Gasteiger partial charge on any atom is 0.192 e. The molecule has 2 heteroatoms. The zero-order valence-electron chi connectivity index (χ0n) is 19.9. The molecule has 0 aliphatic heterocycles. The van der Waals surface area contributed by atoms with Crippen molar-refractivity contribution in [2.24, 2.45) is 28.6 Å². The van der Waals surface area contributed by atoms with Gasteiger partial charge >= 0.3 is 0 Å². The molecular formula is C27H44OSi. The van der Waals surface area contributed by atoms with Crippen molar-refractivity contribution in [3.05, 3.63) is 36.5 Å². The first kappa shape index (κ1) is 21.6. The molecule has 0 aromatic heterocycles. The fourth-order valence-electron chi connectivity index (χ4n) is 7.42. The Labute approximate surface area is 181 Å². The number of hydrogen-bond acceptors (Lipinski definition) is 1. The van der Waals surface area contributed by atoms with E-state index in [9.17, 15) is 0 Å². The van der Waals surface area contributed by atoms with Gasteiger partial charge in [0.1, 0.15) is 0 Å². The molecule has 3 saturated carbocycles. The summed E-state index contributed by atoms with van der Waals surface area (Å²) >= 11 is 0. The third-order valence-electron chi connectivity index (χ3n) is 10.2. The van der Waals surface area contributed by atoms with Crippen molar-refractivity contribution in [3.8, 4) is 0 Å². The Hall–Kier alpha value is -0.603. The van der Waals surface area contributed by atoms with Crippen LogP contribution in [0.4, 0.5) is 0 Å². The van der Waals surface area contributed by atoms with Crippen LogP contribution in [-0.4, -0.2) is 14.4 Å². The van der Waals surface area contributed by atoms with Crippen molar-refractivity contribution in [1.82, 2.24) is 0 Å². The second-order valence-corrected chi connectivity index (χ2v) is 17.2. The van der Waals surface area contributed by atoms with E-state index in [2.05, 4.69) is 66.1 Å². The largest absolute Gasteiger partial charge is 0.413 e. The van der Waals surface area contributed by atoms with Gasteiger partial charge in [-0.1, -0.05) is 57.6 Å². The van der Waals surface area contributed by atoms with E-state index < -0.39 is 8.32 Å². The summed E-state index contributed by atoms with van der Waals surface area (Å²) in [5.74, 6) is 2.47. The first-order valence-corrected chi connectivity index (χ1v) is 15.1. The van der Waals surface area contributed by atoms with E-state index in [0.717, 1.165) is 24.2 Å². The predicted octanol–water partition coefficient (Wildman–Crippen LogP) is 8.06. The fraction of sp³-hybridized carbons (Fsp3) is 0.778. The normalized spacial score (nSPS) is 42.6. The van der Waals surface area contributed by atoms with Crippen molar-refractivity contribution in [1.29, 1.82) is 0 Å². The Morgan fingerprint density at radius 3 is 2.45 bits per heavy atom. The van der Waals surface area contributed by atoms with Crippen molar-refractivity contribution in [3.63, 3.8) is 0 Å². The summed E-state index contributed by atoms with van der Waals surface area (Å²) in [5, 5.41) is 0.292. The Morgan fingerprint density at radius 2 is 1.79 bits per heavy atom. The van der Waals surface area contributed by atoms with E-state index in [1.165, 1.54) is 50.5 Å². The average Bonchev–Trinajstić information content (AvgIpc) is 2.96. The zero-order chi connectivity index (χ0) is 21.2. The van der Waals surface area contributed by atoms with Crippen LogP contribution in [0.15, 0.2) is 36.5 Å². The quantitative estimate of drug-likeness (QED) is 0.336. The lowest BCUT2D eigenvalue weighted by atomic mass is 9.47. The lowest BCUT2D eigenvalue weighted by Crippen LogP contribution is -2.53. The third kappa shape index (κ3) is 3.19. The van der Waals surface area contributed by atoms with Gasteiger partial charge in [-0.3, -0.25) is 0 Å². The Morgan fingerprint density at radius 1 is 1.07 bits per heavy atom. The second kappa shape index (κ2) is 6.95.